The van der Waals surface area contributed by atoms with Crippen LogP contribution in [0.4, 0.5) is 5.69 Å². The van der Waals surface area contributed by atoms with E-state index in [-0.39, 0.29) is 5.78 Å². The number of nitrogens with one attached hydrogen (secondary N) is 1. The molecule has 1 aliphatic carbocycles. The standard InChI is InChI=1S/C26H25N3O2/c1-4-29(5-2)17-12-10-16(11-13-17)25-27-21-15-14-20-22(23(21)28-25)24(30)18-8-6-7-9-19(18)26(20,3)31/h6-15,31H,4-5H2,1-3H3,(H,27,28)/t26-/m1/s1. The van der Waals surface area contributed by atoms with Crippen LogP contribution in [0.2, 0.25) is 0 Å². The Balaban J connectivity index is 1.64. The summed E-state index contributed by atoms with van der Waals surface area (Å²) in [5.41, 5.74) is 4.49. The highest BCUT2D eigenvalue weighted by Gasteiger charge is 2.40. The van der Waals surface area contributed by atoms with E-state index < -0.39 is 5.60 Å². The van der Waals surface area contributed by atoms with E-state index in [4.69, 9.17) is 4.98 Å². The zero-order valence-corrected chi connectivity index (χ0v) is 17.9. The van der Waals surface area contributed by atoms with E-state index in [2.05, 4.69) is 35.9 Å². The fraction of sp³-hybridized carbons (Fsp3) is 0.231. The van der Waals surface area contributed by atoms with E-state index in [9.17, 15) is 9.90 Å². The Kier molecular flexibility index (Phi) is 4.45. The molecule has 156 valence electrons. The molecular formula is C26H25N3O2. The van der Waals surface area contributed by atoms with Crippen molar-refractivity contribution in [3.63, 3.8) is 0 Å². The van der Waals surface area contributed by atoms with Crippen LogP contribution < -0.4 is 4.90 Å². The summed E-state index contributed by atoms with van der Waals surface area (Å²) in [6.45, 7) is 7.93. The number of nitrogens with zero attached hydrogens (tertiary/aromatic N) is 2. The van der Waals surface area contributed by atoms with Crippen LogP contribution >= 0.6 is 0 Å². The molecule has 0 fully saturated rings. The summed E-state index contributed by atoms with van der Waals surface area (Å²) in [4.78, 5) is 23.8. The number of hydrogen-bond acceptors (Lipinski definition) is 4. The van der Waals surface area contributed by atoms with Gasteiger partial charge in [0.25, 0.3) is 0 Å². The van der Waals surface area contributed by atoms with Gasteiger partial charge in [-0.05, 0) is 56.7 Å². The van der Waals surface area contributed by atoms with Crippen molar-refractivity contribution >= 4 is 22.5 Å². The molecule has 0 amide bonds. The minimum atomic E-state index is -1.25. The van der Waals surface area contributed by atoms with Crippen molar-refractivity contribution < 1.29 is 9.90 Å². The third-order valence-electron chi connectivity index (χ3n) is 6.37. The number of imidazole rings is 1. The summed E-state index contributed by atoms with van der Waals surface area (Å²) in [5.74, 6) is 0.610. The maximum absolute atomic E-state index is 13.4. The molecule has 1 aliphatic rings. The molecule has 0 radical (unpaired) electrons. The zero-order valence-electron chi connectivity index (χ0n) is 17.9. The highest BCUT2D eigenvalue weighted by molar-refractivity contribution is 6.19. The van der Waals surface area contributed by atoms with Crippen molar-refractivity contribution in [3.8, 4) is 11.4 Å². The average Bonchev–Trinajstić information content (AvgIpc) is 3.23. The molecule has 0 bridgehead atoms. The summed E-state index contributed by atoms with van der Waals surface area (Å²) in [6.07, 6.45) is 0. The number of fused-ring (bicyclic) bond motifs is 4. The van der Waals surface area contributed by atoms with Crippen LogP contribution in [-0.2, 0) is 5.60 Å². The first kappa shape index (κ1) is 19.5. The Morgan fingerprint density at radius 1 is 0.968 bits per heavy atom. The third-order valence-corrected chi connectivity index (χ3v) is 6.37. The predicted octanol–water partition coefficient (Wildman–Crippen LogP) is 4.88. The Hall–Kier alpha value is -3.44. The minimum absolute atomic E-state index is 0.0994. The predicted molar refractivity (Wildman–Crippen MR) is 124 cm³/mol. The number of carbonyl (C=O) groups is 1. The summed E-state index contributed by atoms with van der Waals surface area (Å²) in [7, 11) is 0. The lowest BCUT2D eigenvalue weighted by Gasteiger charge is -2.32. The third kappa shape index (κ3) is 2.88. The van der Waals surface area contributed by atoms with Gasteiger partial charge in [0, 0.05) is 35.5 Å². The smallest absolute Gasteiger partial charge is 0.196 e. The quantitative estimate of drug-likeness (QED) is 0.502. The molecule has 4 aromatic rings. The van der Waals surface area contributed by atoms with Gasteiger partial charge in [-0.2, -0.15) is 0 Å². The van der Waals surface area contributed by atoms with Gasteiger partial charge in [-0.15, -0.1) is 0 Å². The number of ketones is 1. The number of aromatic nitrogens is 2. The average molecular weight is 412 g/mol. The van der Waals surface area contributed by atoms with Gasteiger partial charge in [0.1, 0.15) is 16.9 Å². The second-order valence-electron chi connectivity index (χ2n) is 8.14. The van der Waals surface area contributed by atoms with Gasteiger partial charge in [-0.3, -0.25) is 4.79 Å². The van der Waals surface area contributed by atoms with Crippen molar-refractivity contribution in [2.45, 2.75) is 26.4 Å². The molecule has 31 heavy (non-hydrogen) atoms. The summed E-state index contributed by atoms with van der Waals surface area (Å²) in [6, 6.07) is 19.3. The van der Waals surface area contributed by atoms with E-state index in [1.165, 1.54) is 5.69 Å². The number of rotatable bonds is 4. The van der Waals surface area contributed by atoms with E-state index in [0.29, 0.717) is 33.6 Å². The molecule has 5 heteroatoms. The van der Waals surface area contributed by atoms with Crippen LogP contribution in [0.5, 0.6) is 0 Å². The Morgan fingerprint density at radius 3 is 2.39 bits per heavy atom. The zero-order chi connectivity index (χ0) is 21.8. The molecule has 1 atom stereocenters. The van der Waals surface area contributed by atoms with E-state index in [0.717, 1.165) is 24.2 Å². The molecule has 0 saturated heterocycles. The molecule has 5 rings (SSSR count). The monoisotopic (exact) mass is 411 g/mol. The fourth-order valence-electron chi connectivity index (χ4n) is 4.65. The molecule has 0 spiro atoms. The molecule has 1 heterocycles. The maximum Gasteiger partial charge on any atom is 0.196 e. The molecule has 3 aromatic carbocycles. The maximum atomic E-state index is 13.4. The largest absolute Gasteiger partial charge is 0.381 e. The van der Waals surface area contributed by atoms with Crippen molar-refractivity contribution in [1.82, 2.24) is 9.97 Å². The lowest BCUT2D eigenvalue weighted by atomic mass is 9.75. The lowest BCUT2D eigenvalue weighted by molar-refractivity contribution is 0.0865. The molecular weight excluding hydrogens is 386 g/mol. The van der Waals surface area contributed by atoms with Gasteiger partial charge in [0.05, 0.1) is 11.1 Å². The summed E-state index contributed by atoms with van der Waals surface area (Å²) >= 11 is 0. The second-order valence-corrected chi connectivity index (χ2v) is 8.14. The highest BCUT2D eigenvalue weighted by atomic mass is 16.3. The molecule has 0 saturated carbocycles. The van der Waals surface area contributed by atoms with Gasteiger partial charge < -0.3 is 15.0 Å². The van der Waals surface area contributed by atoms with Crippen LogP contribution in [0.3, 0.4) is 0 Å². The van der Waals surface area contributed by atoms with Crippen LogP contribution in [0.25, 0.3) is 22.4 Å². The van der Waals surface area contributed by atoms with E-state index in [1.807, 2.05) is 42.5 Å². The van der Waals surface area contributed by atoms with Crippen LogP contribution in [0.15, 0.2) is 60.7 Å². The Bertz CT molecular complexity index is 1300. The second kappa shape index (κ2) is 7.06. The highest BCUT2D eigenvalue weighted by Crippen LogP contribution is 2.42. The van der Waals surface area contributed by atoms with Crippen molar-refractivity contribution in [2.75, 3.05) is 18.0 Å². The number of benzene rings is 3. The number of carbonyl (C=O) groups excluding carboxylic acids is 1. The Labute approximate surface area is 181 Å². The summed E-state index contributed by atoms with van der Waals surface area (Å²) < 4.78 is 0. The number of H-pyrrole nitrogens is 1. The van der Waals surface area contributed by atoms with Crippen LogP contribution in [0.1, 0.15) is 47.8 Å². The molecule has 2 N–H and O–H groups in total. The van der Waals surface area contributed by atoms with E-state index in [1.54, 1.807) is 13.0 Å². The lowest BCUT2D eigenvalue weighted by Crippen LogP contribution is -2.33. The van der Waals surface area contributed by atoms with Gasteiger partial charge in [0.2, 0.25) is 0 Å². The van der Waals surface area contributed by atoms with Gasteiger partial charge in [-0.25, -0.2) is 4.98 Å². The number of aliphatic hydroxyl groups is 1. The fourth-order valence-corrected chi connectivity index (χ4v) is 4.65. The molecule has 5 nitrogen and oxygen atoms in total. The van der Waals surface area contributed by atoms with Crippen molar-refractivity contribution in [1.29, 1.82) is 0 Å². The van der Waals surface area contributed by atoms with E-state index >= 15 is 0 Å². The first-order valence-electron chi connectivity index (χ1n) is 10.7. The Morgan fingerprint density at radius 2 is 1.68 bits per heavy atom. The minimum Gasteiger partial charge on any atom is -0.381 e. The van der Waals surface area contributed by atoms with Gasteiger partial charge >= 0.3 is 0 Å². The number of anilines is 1. The first-order valence-corrected chi connectivity index (χ1v) is 10.7. The number of hydrogen-bond donors (Lipinski definition) is 2. The molecule has 0 unspecified atom stereocenters. The normalized spacial score (nSPS) is 17.5. The topological polar surface area (TPSA) is 69.2 Å². The van der Waals surface area contributed by atoms with Gasteiger partial charge in [0.15, 0.2) is 5.78 Å². The van der Waals surface area contributed by atoms with Crippen molar-refractivity contribution in [3.05, 3.63) is 82.9 Å². The van der Waals surface area contributed by atoms with Crippen LogP contribution in [-0.4, -0.2) is 33.9 Å². The summed E-state index contributed by atoms with van der Waals surface area (Å²) in [5, 5.41) is 11.3. The first-order chi connectivity index (χ1) is 15.0. The molecule has 0 aliphatic heterocycles. The SMILES string of the molecule is CCN(CC)c1ccc(-c2nc3c4c(ccc3[nH]2)[C@](C)(O)c2ccccc2C4=O)cc1. The van der Waals surface area contributed by atoms with Crippen LogP contribution in [0, 0.1) is 0 Å². The van der Waals surface area contributed by atoms with Crippen molar-refractivity contribution in [2.24, 2.45) is 0 Å². The molecule has 1 aromatic heterocycles. The number of aromatic amines is 1. The van der Waals surface area contributed by atoms with Gasteiger partial charge in [-0.1, -0.05) is 30.3 Å².